The zero-order valence-corrected chi connectivity index (χ0v) is 13.4. The van der Waals surface area contributed by atoms with Gasteiger partial charge in [-0.3, -0.25) is 14.2 Å². The van der Waals surface area contributed by atoms with E-state index < -0.39 is 36.4 Å². The molecule has 3 aromatic rings. The van der Waals surface area contributed by atoms with Gasteiger partial charge < -0.3 is 4.74 Å². The molecule has 5 nitrogen and oxygen atoms in total. The molecule has 0 radical (unpaired) electrons. The van der Waals surface area contributed by atoms with E-state index in [2.05, 4.69) is 4.98 Å². The van der Waals surface area contributed by atoms with Gasteiger partial charge >= 0.3 is 12.1 Å². The third kappa shape index (κ3) is 3.74. The Hall–Kier alpha value is -3.16. The number of para-hydroxylation sites is 2. The lowest BCUT2D eigenvalue weighted by molar-refractivity contribution is -0.148. The Labute approximate surface area is 145 Å². The number of esters is 1. The van der Waals surface area contributed by atoms with Gasteiger partial charge in [-0.1, -0.05) is 30.3 Å². The number of carbonyl (C=O) groups is 1. The average Bonchev–Trinajstić information content (AvgIpc) is 2.62. The van der Waals surface area contributed by atoms with E-state index in [9.17, 15) is 22.8 Å². The maximum atomic E-state index is 13.0. The van der Waals surface area contributed by atoms with Crippen LogP contribution in [0.15, 0.2) is 59.5 Å². The first-order valence-corrected chi connectivity index (χ1v) is 7.61. The quantitative estimate of drug-likeness (QED) is 0.669. The molecule has 0 aliphatic heterocycles. The molecule has 0 saturated carbocycles. The summed E-state index contributed by atoms with van der Waals surface area (Å²) in [5.41, 5.74) is -0.564. The fourth-order valence-electron chi connectivity index (χ4n) is 2.53. The highest BCUT2D eigenvalue weighted by atomic mass is 19.4. The summed E-state index contributed by atoms with van der Waals surface area (Å²) in [4.78, 5) is 28.0. The Balaban J connectivity index is 1.78. The lowest BCUT2D eigenvalue weighted by Gasteiger charge is -2.13. The van der Waals surface area contributed by atoms with Crippen molar-refractivity contribution in [1.82, 2.24) is 9.55 Å². The van der Waals surface area contributed by atoms with E-state index in [1.807, 2.05) is 0 Å². The SMILES string of the molecule is O=C(Cn1c(=O)cnc2ccccc21)OCc1ccccc1C(F)(F)F. The predicted octanol–water partition coefficient (Wildman–Crippen LogP) is 3.16. The van der Waals surface area contributed by atoms with E-state index >= 15 is 0 Å². The van der Waals surface area contributed by atoms with Crippen LogP contribution >= 0.6 is 0 Å². The van der Waals surface area contributed by atoms with Crippen molar-refractivity contribution in [2.45, 2.75) is 19.3 Å². The van der Waals surface area contributed by atoms with Crippen molar-refractivity contribution in [1.29, 1.82) is 0 Å². The molecule has 8 heteroatoms. The fourth-order valence-corrected chi connectivity index (χ4v) is 2.53. The molecular formula is C18H13F3N2O3. The molecule has 0 aliphatic rings. The van der Waals surface area contributed by atoms with Crippen molar-refractivity contribution in [3.8, 4) is 0 Å². The van der Waals surface area contributed by atoms with Gasteiger partial charge in [0.15, 0.2) is 0 Å². The monoisotopic (exact) mass is 362 g/mol. The number of rotatable bonds is 4. The van der Waals surface area contributed by atoms with Crippen molar-refractivity contribution < 1.29 is 22.7 Å². The first-order chi connectivity index (χ1) is 12.4. The zero-order chi connectivity index (χ0) is 18.7. The molecule has 134 valence electrons. The van der Waals surface area contributed by atoms with Crippen LogP contribution in [-0.2, 0) is 28.9 Å². The van der Waals surface area contributed by atoms with Gasteiger partial charge in [0, 0.05) is 5.56 Å². The van der Waals surface area contributed by atoms with Crippen molar-refractivity contribution in [2.24, 2.45) is 0 Å². The van der Waals surface area contributed by atoms with E-state index in [1.54, 1.807) is 24.3 Å². The van der Waals surface area contributed by atoms with Crippen molar-refractivity contribution >= 4 is 17.0 Å². The van der Waals surface area contributed by atoms with Gasteiger partial charge in [-0.25, -0.2) is 4.98 Å². The predicted molar refractivity (Wildman–Crippen MR) is 87.2 cm³/mol. The topological polar surface area (TPSA) is 61.2 Å². The van der Waals surface area contributed by atoms with E-state index in [1.165, 1.54) is 22.8 Å². The van der Waals surface area contributed by atoms with Crippen LogP contribution in [0, 0.1) is 0 Å². The molecule has 0 bridgehead atoms. The summed E-state index contributed by atoms with van der Waals surface area (Å²) in [6.07, 6.45) is -3.46. The average molecular weight is 362 g/mol. The summed E-state index contributed by atoms with van der Waals surface area (Å²) < 4.78 is 45.0. The molecule has 0 atom stereocenters. The molecule has 0 saturated heterocycles. The second-order valence-electron chi connectivity index (χ2n) is 5.49. The minimum Gasteiger partial charge on any atom is -0.459 e. The van der Waals surface area contributed by atoms with E-state index in [0.717, 1.165) is 12.3 Å². The second-order valence-corrected chi connectivity index (χ2v) is 5.49. The number of fused-ring (bicyclic) bond motifs is 1. The van der Waals surface area contributed by atoms with Crippen molar-refractivity contribution in [2.75, 3.05) is 0 Å². The minimum atomic E-state index is -4.54. The van der Waals surface area contributed by atoms with Gasteiger partial charge in [-0.05, 0) is 18.2 Å². The molecular weight excluding hydrogens is 349 g/mol. The van der Waals surface area contributed by atoms with Gasteiger partial charge in [-0.2, -0.15) is 13.2 Å². The molecule has 26 heavy (non-hydrogen) atoms. The van der Waals surface area contributed by atoms with E-state index in [0.29, 0.717) is 11.0 Å². The van der Waals surface area contributed by atoms with Crippen LogP contribution in [0.1, 0.15) is 11.1 Å². The molecule has 3 rings (SSSR count). The van der Waals surface area contributed by atoms with Crippen molar-refractivity contribution in [3.05, 3.63) is 76.2 Å². The van der Waals surface area contributed by atoms with Crippen LogP contribution < -0.4 is 5.56 Å². The smallest absolute Gasteiger partial charge is 0.416 e. The van der Waals surface area contributed by atoms with Crippen LogP contribution in [0.25, 0.3) is 11.0 Å². The first kappa shape index (κ1) is 17.7. The first-order valence-electron chi connectivity index (χ1n) is 7.61. The third-order valence-electron chi connectivity index (χ3n) is 3.75. The molecule has 2 aromatic carbocycles. The lowest BCUT2D eigenvalue weighted by atomic mass is 10.1. The van der Waals surface area contributed by atoms with Crippen LogP contribution in [-0.4, -0.2) is 15.5 Å². The van der Waals surface area contributed by atoms with Gasteiger partial charge in [0.1, 0.15) is 13.2 Å². The number of hydrogen-bond donors (Lipinski definition) is 0. The maximum Gasteiger partial charge on any atom is 0.416 e. The summed E-state index contributed by atoms with van der Waals surface area (Å²) in [6.45, 7) is -0.956. The van der Waals surface area contributed by atoms with Crippen molar-refractivity contribution in [3.63, 3.8) is 0 Å². The summed E-state index contributed by atoms with van der Waals surface area (Å²) in [6, 6.07) is 11.6. The van der Waals surface area contributed by atoms with Crippen LogP contribution in [0.5, 0.6) is 0 Å². The van der Waals surface area contributed by atoms with E-state index in [4.69, 9.17) is 4.74 Å². The number of ether oxygens (including phenoxy) is 1. The largest absolute Gasteiger partial charge is 0.459 e. The molecule has 0 unspecified atom stereocenters. The highest BCUT2D eigenvalue weighted by molar-refractivity contribution is 5.77. The number of hydrogen-bond acceptors (Lipinski definition) is 4. The standard InChI is InChI=1S/C18H13F3N2O3/c19-18(20,21)13-6-2-1-5-12(13)11-26-17(25)10-23-15-8-4-3-7-14(15)22-9-16(23)24/h1-9H,10-11H2. The molecule has 0 amide bonds. The fraction of sp³-hybridized carbons (Fsp3) is 0.167. The Morgan fingerprint density at radius 1 is 1.08 bits per heavy atom. The van der Waals surface area contributed by atoms with Gasteiger partial charge in [0.25, 0.3) is 5.56 Å². The Bertz CT molecular complexity index is 1010. The molecule has 0 spiro atoms. The number of carbonyl (C=O) groups excluding carboxylic acids is 1. The number of halogens is 3. The minimum absolute atomic E-state index is 0.153. The number of nitrogens with zero attached hydrogens (tertiary/aromatic N) is 2. The molecule has 1 heterocycles. The van der Waals surface area contributed by atoms with Crippen LogP contribution in [0.2, 0.25) is 0 Å². The second kappa shape index (κ2) is 6.99. The highest BCUT2D eigenvalue weighted by Crippen LogP contribution is 2.32. The Morgan fingerprint density at radius 3 is 2.54 bits per heavy atom. The maximum absolute atomic E-state index is 13.0. The number of benzene rings is 2. The number of aromatic nitrogens is 2. The molecule has 0 fully saturated rings. The molecule has 0 N–H and O–H groups in total. The summed E-state index contributed by atoms with van der Waals surface area (Å²) in [7, 11) is 0. The summed E-state index contributed by atoms with van der Waals surface area (Å²) in [5.74, 6) is -0.819. The Morgan fingerprint density at radius 2 is 1.77 bits per heavy atom. The Kier molecular flexibility index (Phi) is 4.75. The van der Waals surface area contributed by atoms with Gasteiger partial charge in [0.2, 0.25) is 0 Å². The number of alkyl halides is 3. The zero-order valence-electron chi connectivity index (χ0n) is 13.4. The highest BCUT2D eigenvalue weighted by Gasteiger charge is 2.33. The van der Waals surface area contributed by atoms with E-state index in [-0.39, 0.29) is 5.56 Å². The van der Waals surface area contributed by atoms with Crippen LogP contribution in [0.4, 0.5) is 13.2 Å². The summed E-state index contributed by atoms with van der Waals surface area (Å²) >= 11 is 0. The van der Waals surface area contributed by atoms with Crippen LogP contribution in [0.3, 0.4) is 0 Å². The van der Waals surface area contributed by atoms with Gasteiger partial charge in [0.05, 0.1) is 22.8 Å². The summed E-state index contributed by atoms with van der Waals surface area (Å²) in [5, 5.41) is 0. The van der Waals surface area contributed by atoms with Gasteiger partial charge in [-0.15, -0.1) is 0 Å². The molecule has 1 aromatic heterocycles. The normalized spacial score (nSPS) is 11.5. The molecule has 0 aliphatic carbocycles. The lowest BCUT2D eigenvalue weighted by Crippen LogP contribution is -2.25. The third-order valence-corrected chi connectivity index (χ3v) is 3.75.